The second-order valence-electron chi connectivity index (χ2n) is 3.16. The van der Waals surface area contributed by atoms with Crippen LogP contribution < -0.4 is 5.48 Å². The summed E-state index contributed by atoms with van der Waals surface area (Å²) in [6.07, 6.45) is 0.675. The van der Waals surface area contributed by atoms with Crippen LogP contribution in [0, 0.1) is 13.8 Å². The standard InChI is InChI=1S/C10H13NO2/c1-7-3-8(2)5-9(4-7)10(6-12)11-13/h3-6,10-11,13H,1-2H3. The van der Waals surface area contributed by atoms with Gasteiger partial charge in [0, 0.05) is 0 Å². The van der Waals surface area contributed by atoms with E-state index in [2.05, 4.69) is 0 Å². The predicted molar refractivity (Wildman–Crippen MR) is 49.6 cm³/mol. The molecule has 1 rings (SSSR count). The zero-order valence-corrected chi connectivity index (χ0v) is 7.74. The molecule has 0 bridgehead atoms. The third kappa shape index (κ3) is 2.37. The first-order valence-electron chi connectivity index (χ1n) is 4.10. The number of rotatable bonds is 3. The van der Waals surface area contributed by atoms with Gasteiger partial charge in [0.05, 0.1) is 0 Å². The number of nitrogens with one attached hydrogen (secondary N) is 1. The third-order valence-corrected chi connectivity index (χ3v) is 1.88. The molecule has 0 saturated heterocycles. The van der Waals surface area contributed by atoms with Crippen molar-refractivity contribution in [2.24, 2.45) is 0 Å². The molecule has 2 N–H and O–H groups in total. The van der Waals surface area contributed by atoms with Gasteiger partial charge in [-0.25, -0.2) is 0 Å². The molecule has 1 atom stereocenters. The molecule has 1 aromatic rings. The normalized spacial score (nSPS) is 12.5. The fourth-order valence-electron chi connectivity index (χ4n) is 1.37. The number of hydrogen-bond donors (Lipinski definition) is 2. The first-order valence-corrected chi connectivity index (χ1v) is 4.10. The molecule has 13 heavy (non-hydrogen) atoms. The van der Waals surface area contributed by atoms with E-state index in [0.717, 1.165) is 16.7 Å². The van der Waals surface area contributed by atoms with Crippen LogP contribution in [-0.2, 0) is 4.79 Å². The fraction of sp³-hybridized carbons (Fsp3) is 0.300. The lowest BCUT2D eigenvalue weighted by Crippen LogP contribution is -2.18. The third-order valence-electron chi connectivity index (χ3n) is 1.88. The molecule has 1 unspecified atom stereocenters. The van der Waals surface area contributed by atoms with Crippen LogP contribution in [0.1, 0.15) is 22.7 Å². The number of hydrogen-bond acceptors (Lipinski definition) is 3. The Morgan fingerprint density at radius 3 is 2.23 bits per heavy atom. The number of carbonyl (C=O) groups excluding carboxylic acids is 1. The lowest BCUT2D eigenvalue weighted by Gasteiger charge is -2.09. The largest absolute Gasteiger partial charge is 0.316 e. The van der Waals surface area contributed by atoms with Crippen molar-refractivity contribution in [1.29, 1.82) is 0 Å². The Morgan fingerprint density at radius 2 is 1.85 bits per heavy atom. The molecular formula is C10H13NO2. The predicted octanol–water partition coefficient (Wildman–Crippen LogP) is 1.52. The molecule has 0 fully saturated rings. The Bertz CT molecular complexity index is 290. The molecule has 0 aliphatic rings. The fourth-order valence-corrected chi connectivity index (χ4v) is 1.37. The van der Waals surface area contributed by atoms with Crippen LogP contribution in [0.2, 0.25) is 0 Å². The van der Waals surface area contributed by atoms with Gasteiger partial charge in [0.2, 0.25) is 0 Å². The minimum absolute atomic E-state index is 0.626. The van der Waals surface area contributed by atoms with Crippen LogP contribution in [0.5, 0.6) is 0 Å². The van der Waals surface area contributed by atoms with E-state index in [1.54, 1.807) is 0 Å². The topological polar surface area (TPSA) is 49.3 Å². The van der Waals surface area contributed by atoms with E-state index in [-0.39, 0.29) is 0 Å². The average molecular weight is 179 g/mol. The number of benzene rings is 1. The van der Waals surface area contributed by atoms with Crippen molar-refractivity contribution in [2.75, 3.05) is 0 Å². The monoisotopic (exact) mass is 179 g/mol. The molecule has 0 amide bonds. The van der Waals surface area contributed by atoms with Gasteiger partial charge in [0.1, 0.15) is 12.3 Å². The van der Waals surface area contributed by atoms with E-state index in [1.807, 2.05) is 37.5 Å². The van der Waals surface area contributed by atoms with Crippen LogP contribution in [0.15, 0.2) is 18.2 Å². The van der Waals surface area contributed by atoms with Crippen molar-refractivity contribution in [3.05, 3.63) is 34.9 Å². The van der Waals surface area contributed by atoms with Crippen LogP contribution in [-0.4, -0.2) is 11.5 Å². The molecule has 0 spiro atoms. The second kappa shape index (κ2) is 4.16. The number of carbonyl (C=O) groups is 1. The van der Waals surface area contributed by atoms with Gasteiger partial charge >= 0.3 is 0 Å². The summed E-state index contributed by atoms with van der Waals surface area (Å²) in [5.74, 6) is 0. The summed E-state index contributed by atoms with van der Waals surface area (Å²) in [4.78, 5) is 10.5. The maximum atomic E-state index is 10.5. The molecule has 0 aromatic heterocycles. The number of aldehydes is 1. The quantitative estimate of drug-likeness (QED) is 0.546. The highest BCUT2D eigenvalue weighted by molar-refractivity contribution is 5.61. The van der Waals surface area contributed by atoms with Gasteiger partial charge in [-0.05, 0) is 19.4 Å². The summed E-state index contributed by atoms with van der Waals surface area (Å²) in [6, 6.07) is 5.13. The molecule has 0 aliphatic heterocycles. The lowest BCUT2D eigenvalue weighted by atomic mass is 10.0. The summed E-state index contributed by atoms with van der Waals surface area (Å²) in [5.41, 5.74) is 4.90. The Labute approximate surface area is 77.4 Å². The Morgan fingerprint density at radius 1 is 1.31 bits per heavy atom. The summed E-state index contributed by atoms with van der Waals surface area (Å²) in [5, 5.41) is 8.68. The van der Waals surface area contributed by atoms with Crippen molar-refractivity contribution in [3.63, 3.8) is 0 Å². The van der Waals surface area contributed by atoms with Gasteiger partial charge in [-0.15, -0.1) is 0 Å². The number of hydroxylamine groups is 1. The van der Waals surface area contributed by atoms with Crippen molar-refractivity contribution >= 4 is 6.29 Å². The van der Waals surface area contributed by atoms with Gasteiger partial charge in [0.15, 0.2) is 0 Å². The molecule has 0 saturated carbocycles. The summed E-state index contributed by atoms with van der Waals surface area (Å²) < 4.78 is 0. The second-order valence-corrected chi connectivity index (χ2v) is 3.16. The average Bonchev–Trinajstić information content (AvgIpc) is 2.04. The highest BCUT2D eigenvalue weighted by Crippen LogP contribution is 2.14. The minimum Gasteiger partial charge on any atom is -0.316 e. The molecule has 0 radical (unpaired) electrons. The smallest absolute Gasteiger partial charge is 0.143 e. The van der Waals surface area contributed by atoms with E-state index in [0.29, 0.717) is 6.29 Å². The van der Waals surface area contributed by atoms with Crippen LogP contribution >= 0.6 is 0 Å². The van der Waals surface area contributed by atoms with Gasteiger partial charge in [-0.3, -0.25) is 0 Å². The van der Waals surface area contributed by atoms with Crippen LogP contribution in [0.4, 0.5) is 0 Å². The van der Waals surface area contributed by atoms with E-state index in [9.17, 15) is 4.79 Å². The maximum Gasteiger partial charge on any atom is 0.143 e. The molecule has 1 aromatic carbocycles. The van der Waals surface area contributed by atoms with E-state index in [1.165, 1.54) is 0 Å². The lowest BCUT2D eigenvalue weighted by molar-refractivity contribution is -0.111. The Hall–Kier alpha value is -1.19. The van der Waals surface area contributed by atoms with Gasteiger partial charge in [-0.1, -0.05) is 29.3 Å². The summed E-state index contributed by atoms with van der Waals surface area (Å²) in [7, 11) is 0. The highest BCUT2D eigenvalue weighted by Gasteiger charge is 2.08. The molecule has 3 heteroatoms. The molecule has 0 heterocycles. The first-order chi connectivity index (χ1) is 6.17. The zero-order valence-electron chi connectivity index (χ0n) is 7.74. The van der Waals surface area contributed by atoms with E-state index >= 15 is 0 Å². The van der Waals surface area contributed by atoms with E-state index < -0.39 is 6.04 Å². The SMILES string of the molecule is Cc1cc(C)cc(C(C=O)NO)c1. The van der Waals surface area contributed by atoms with Crippen molar-refractivity contribution in [1.82, 2.24) is 5.48 Å². The van der Waals surface area contributed by atoms with Gasteiger partial charge in [0.25, 0.3) is 0 Å². The maximum absolute atomic E-state index is 10.5. The van der Waals surface area contributed by atoms with Crippen LogP contribution in [0.3, 0.4) is 0 Å². The van der Waals surface area contributed by atoms with Crippen molar-refractivity contribution in [3.8, 4) is 0 Å². The van der Waals surface area contributed by atoms with Crippen molar-refractivity contribution in [2.45, 2.75) is 19.9 Å². The molecule has 3 nitrogen and oxygen atoms in total. The van der Waals surface area contributed by atoms with E-state index in [4.69, 9.17) is 5.21 Å². The highest BCUT2D eigenvalue weighted by atomic mass is 16.5. The molecule has 70 valence electrons. The Balaban J connectivity index is 3.05. The number of aryl methyl sites for hydroxylation is 2. The van der Waals surface area contributed by atoms with Crippen molar-refractivity contribution < 1.29 is 10.0 Å². The molecule has 0 aliphatic carbocycles. The summed E-state index contributed by atoms with van der Waals surface area (Å²) in [6.45, 7) is 3.91. The first kappa shape index (κ1) is 9.89. The summed E-state index contributed by atoms with van der Waals surface area (Å²) >= 11 is 0. The Kier molecular flexibility index (Phi) is 3.17. The van der Waals surface area contributed by atoms with Gasteiger partial charge < -0.3 is 10.0 Å². The minimum atomic E-state index is -0.626. The zero-order chi connectivity index (χ0) is 9.84. The van der Waals surface area contributed by atoms with Crippen LogP contribution in [0.25, 0.3) is 0 Å². The molecular weight excluding hydrogens is 166 g/mol. The van der Waals surface area contributed by atoms with Gasteiger partial charge in [-0.2, -0.15) is 5.48 Å².